The third-order valence-electron chi connectivity index (χ3n) is 5.05. The van der Waals surface area contributed by atoms with Crippen LogP contribution in [0.5, 0.6) is 0 Å². The number of likely N-dealkylation sites (tertiary alicyclic amines) is 1. The van der Waals surface area contributed by atoms with Crippen molar-refractivity contribution in [2.75, 3.05) is 31.1 Å². The van der Waals surface area contributed by atoms with Gasteiger partial charge in [0.05, 0.1) is 6.54 Å². The SMILES string of the molecule is CC1(C)CCCN(C(=O)CN(C(=O)CNC(=O)n2ccnc2)c2ccccc2)C1. The van der Waals surface area contributed by atoms with Crippen molar-refractivity contribution in [3.05, 3.63) is 49.1 Å². The molecule has 0 spiro atoms. The molecular weight excluding hydrogens is 370 g/mol. The first kappa shape index (κ1) is 20.6. The Morgan fingerprint density at radius 3 is 2.62 bits per heavy atom. The fourth-order valence-corrected chi connectivity index (χ4v) is 3.52. The molecule has 3 amide bonds. The zero-order valence-electron chi connectivity index (χ0n) is 16.9. The van der Waals surface area contributed by atoms with E-state index in [-0.39, 0.29) is 30.3 Å². The van der Waals surface area contributed by atoms with E-state index in [1.807, 2.05) is 23.1 Å². The van der Waals surface area contributed by atoms with Gasteiger partial charge in [-0.1, -0.05) is 32.0 Å². The van der Waals surface area contributed by atoms with Gasteiger partial charge in [-0.05, 0) is 30.4 Å². The molecule has 8 heteroatoms. The average molecular weight is 397 g/mol. The molecule has 0 radical (unpaired) electrons. The quantitative estimate of drug-likeness (QED) is 0.837. The zero-order chi connectivity index (χ0) is 20.9. The highest BCUT2D eigenvalue weighted by molar-refractivity contribution is 6.01. The second kappa shape index (κ2) is 8.89. The molecule has 1 N–H and O–H groups in total. The smallest absolute Gasteiger partial charge is 0.327 e. The first-order valence-electron chi connectivity index (χ1n) is 9.75. The monoisotopic (exact) mass is 397 g/mol. The lowest BCUT2D eigenvalue weighted by Crippen LogP contribution is -2.50. The molecule has 3 rings (SSSR count). The van der Waals surface area contributed by atoms with Crippen LogP contribution < -0.4 is 10.2 Å². The second-order valence-electron chi connectivity index (χ2n) is 8.03. The van der Waals surface area contributed by atoms with Crippen molar-refractivity contribution in [3.63, 3.8) is 0 Å². The number of imidazole rings is 1. The lowest BCUT2D eigenvalue weighted by molar-refractivity contribution is -0.134. The fraction of sp³-hybridized carbons (Fsp3) is 0.429. The van der Waals surface area contributed by atoms with Gasteiger partial charge >= 0.3 is 6.03 Å². The number of nitrogens with one attached hydrogen (secondary N) is 1. The lowest BCUT2D eigenvalue weighted by Gasteiger charge is -2.39. The van der Waals surface area contributed by atoms with Crippen molar-refractivity contribution >= 4 is 23.5 Å². The summed E-state index contributed by atoms with van der Waals surface area (Å²) in [5.74, 6) is -0.440. The standard InChI is InChI=1S/C21H27N5O3/c1-21(2)9-6-11-24(15-21)19(28)14-26(17-7-4-3-5-8-17)18(27)13-23-20(29)25-12-10-22-16-25/h3-5,7-8,10,12,16H,6,9,11,13-15H2,1-2H3,(H,23,29). The van der Waals surface area contributed by atoms with E-state index in [9.17, 15) is 14.4 Å². The third-order valence-corrected chi connectivity index (χ3v) is 5.05. The van der Waals surface area contributed by atoms with Crippen molar-refractivity contribution < 1.29 is 14.4 Å². The minimum Gasteiger partial charge on any atom is -0.341 e. The molecule has 1 aromatic carbocycles. The molecule has 154 valence electrons. The number of aromatic nitrogens is 2. The van der Waals surface area contributed by atoms with Gasteiger partial charge in [0.1, 0.15) is 12.9 Å². The Morgan fingerprint density at radius 2 is 1.97 bits per heavy atom. The van der Waals surface area contributed by atoms with Crippen molar-refractivity contribution in [2.24, 2.45) is 5.41 Å². The topological polar surface area (TPSA) is 87.5 Å². The van der Waals surface area contributed by atoms with Crippen LogP contribution in [-0.4, -0.2) is 58.5 Å². The number of benzene rings is 1. The maximum absolute atomic E-state index is 12.9. The van der Waals surface area contributed by atoms with Crippen molar-refractivity contribution in [1.82, 2.24) is 19.8 Å². The number of para-hydroxylation sites is 1. The fourth-order valence-electron chi connectivity index (χ4n) is 3.52. The summed E-state index contributed by atoms with van der Waals surface area (Å²) in [7, 11) is 0. The van der Waals surface area contributed by atoms with E-state index in [4.69, 9.17) is 0 Å². The Hall–Kier alpha value is -3.16. The first-order chi connectivity index (χ1) is 13.9. The summed E-state index contributed by atoms with van der Waals surface area (Å²) in [4.78, 5) is 45.0. The summed E-state index contributed by atoms with van der Waals surface area (Å²) >= 11 is 0. The normalized spacial score (nSPS) is 15.6. The van der Waals surface area contributed by atoms with Gasteiger partial charge in [-0.2, -0.15) is 0 Å². The summed E-state index contributed by atoms with van der Waals surface area (Å²) in [5.41, 5.74) is 0.702. The highest BCUT2D eigenvalue weighted by Gasteiger charge is 2.30. The van der Waals surface area contributed by atoms with Gasteiger partial charge in [0.25, 0.3) is 0 Å². The highest BCUT2D eigenvalue weighted by Crippen LogP contribution is 2.28. The van der Waals surface area contributed by atoms with Crippen LogP contribution in [0, 0.1) is 5.41 Å². The molecule has 1 saturated heterocycles. The molecule has 0 bridgehead atoms. The average Bonchev–Trinajstić information content (AvgIpc) is 3.24. The number of hydrogen-bond donors (Lipinski definition) is 1. The van der Waals surface area contributed by atoms with Gasteiger partial charge in [-0.25, -0.2) is 9.78 Å². The van der Waals surface area contributed by atoms with Crippen LogP contribution in [-0.2, 0) is 9.59 Å². The minimum atomic E-state index is -0.451. The molecule has 0 unspecified atom stereocenters. The van der Waals surface area contributed by atoms with Crippen LogP contribution in [0.4, 0.5) is 10.5 Å². The maximum atomic E-state index is 12.9. The number of hydrogen-bond acceptors (Lipinski definition) is 4. The Balaban J connectivity index is 1.68. The number of nitrogens with zero attached hydrogens (tertiary/aromatic N) is 4. The van der Waals surface area contributed by atoms with E-state index < -0.39 is 6.03 Å². The Bertz CT molecular complexity index is 848. The molecular formula is C21H27N5O3. The van der Waals surface area contributed by atoms with Crippen molar-refractivity contribution in [3.8, 4) is 0 Å². The molecule has 0 aliphatic carbocycles. The number of carbonyl (C=O) groups is 3. The molecule has 29 heavy (non-hydrogen) atoms. The summed E-state index contributed by atoms with van der Waals surface area (Å²) in [5, 5.41) is 2.57. The van der Waals surface area contributed by atoms with E-state index in [1.165, 1.54) is 28.2 Å². The molecule has 8 nitrogen and oxygen atoms in total. The van der Waals surface area contributed by atoms with Gasteiger partial charge < -0.3 is 15.1 Å². The van der Waals surface area contributed by atoms with Crippen molar-refractivity contribution in [1.29, 1.82) is 0 Å². The maximum Gasteiger partial charge on any atom is 0.327 e. The van der Waals surface area contributed by atoms with E-state index >= 15 is 0 Å². The lowest BCUT2D eigenvalue weighted by atomic mass is 9.84. The van der Waals surface area contributed by atoms with E-state index in [0.717, 1.165) is 12.8 Å². The summed E-state index contributed by atoms with van der Waals surface area (Å²) in [6.07, 6.45) is 6.38. The van der Waals surface area contributed by atoms with Crippen molar-refractivity contribution in [2.45, 2.75) is 26.7 Å². The van der Waals surface area contributed by atoms with E-state index in [2.05, 4.69) is 24.1 Å². The Morgan fingerprint density at radius 1 is 1.21 bits per heavy atom. The molecule has 1 aliphatic rings. The molecule has 2 heterocycles. The van der Waals surface area contributed by atoms with E-state index in [1.54, 1.807) is 12.1 Å². The molecule has 2 aromatic rings. The van der Waals surface area contributed by atoms with Gasteiger partial charge in [0.15, 0.2) is 0 Å². The van der Waals surface area contributed by atoms with E-state index in [0.29, 0.717) is 18.8 Å². The summed E-state index contributed by atoms with van der Waals surface area (Å²) in [6.45, 7) is 5.41. The largest absolute Gasteiger partial charge is 0.341 e. The predicted molar refractivity (Wildman–Crippen MR) is 109 cm³/mol. The minimum absolute atomic E-state index is 0.0557. The van der Waals surface area contributed by atoms with Crippen LogP contribution in [0.25, 0.3) is 0 Å². The van der Waals surface area contributed by atoms with Gasteiger partial charge in [0, 0.05) is 31.2 Å². The van der Waals surface area contributed by atoms with Crippen LogP contribution >= 0.6 is 0 Å². The number of piperidine rings is 1. The van der Waals surface area contributed by atoms with Gasteiger partial charge in [0.2, 0.25) is 11.8 Å². The molecule has 1 aromatic heterocycles. The number of anilines is 1. The zero-order valence-corrected chi connectivity index (χ0v) is 16.9. The van der Waals surface area contributed by atoms with Gasteiger partial charge in [-0.15, -0.1) is 0 Å². The van der Waals surface area contributed by atoms with Crippen LogP contribution in [0.1, 0.15) is 26.7 Å². The first-order valence-corrected chi connectivity index (χ1v) is 9.75. The second-order valence-corrected chi connectivity index (χ2v) is 8.03. The number of rotatable bonds is 5. The van der Waals surface area contributed by atoms with Crippen LogP contribution in [0.2, 0.25) is 0 Å². The highest BCUT2D eigenvalue weighted by atomic mass is 16.2. The van der Waals surface area contributed by atoms with Gasteiger partial charge in [-0.3, -0.25) is 14.2 Å². The summed E-state index contributed by atoms with van der Waals surface area (Å²) in [6, 6.07) is 8.59. The van der Waals surface area contributed by atoms with Crippen LogP contribution in [0.15, 0.2) is 49.1 Å². The van der Waals surface area contributed by atoms with Crippen LogP contribution in [0.3, 0.4) is 0 Å². The number of carbonyl (C=O) groups excluding carboxylic acids is 3. The molecule has 0 atom stereocenters. The number of amides is 3. The predicted octanol–water partition coefficient (Wildman–Crippen LogP) is 2.12. The molecule has 1 aliphatic heterocycles. The third kappa shape index (κ3) is 5.43. The Labute approximate surface area is 170 Å². The molecule has 0 saturated carbocycles. The molecule has 1 fully saturated rings. The summed E-state index contributed by atoms with van der Waals surface area (Å²) < 4.78 is 1.25. The Kier molecular flexibility index (Phi) is 6.31.